The van der Waals surface area contributed by atoms with E-state index in [2.05, 4.69) is 15.6 Å². The van der Waals surface area contributed by atoms with E-state index in [1.54, 1.807) is 6.92 Å². The lowest BCUT2D eigenvalue weighted by Crippen LogP contribution is -2.35. The van der Waals surface area contributed by atoms with Crippen LogP contribution in [0.4, 0.5) is 5.13 Å². The quantitative estimate of drug-likeness (QED) is 0.838. The molecule has 1 aliphatic rings. The van der Waals surface area contributed by atoms with Crippen LogP contribution in [0.5, 0.6) is 0 Å². The van der Waals surface area contributed by atoms with Gasteiger partial charge in [-0.3, -0.25) is 4.79 Å². The summed E-state index contributed by atoms with van der Waals surface area (Å²) in [6.07, 6.45) is 1.76. The Morgan fingerprint density at radius 2 is 2.20 bits per heavy atom. The molecule has 9 heteroatoms. The fraction of sp³-hybridized carbons (Fsp3) is 0.636. The standard InChI is InChI=1S/C11H18N4O3S2/c1-7-10(20(17,18)15(2)3)19-11(13-7)14-9(16)8-5-4-6-12-8/h8,12H,4-6H2,1-3H3,(H,13,14,16)/t8-/m0/s1. The first kappa shape index (κ1) is 15.4. The Morgan fingerprint density at radius 3 is 2.75 bits per heavy atom. The summed E-state index contributed by atoms with van der Waals surface area (Å²) in [4.78, 5) is 16.1. The Hall–Kier alpha value is -1.03. The highest BCUT2D eigenvalue weighted by Gasteiger charge is 2.27. The first-order valence-electron chi connectivity index (χ1n) is 6.26. The first-order chi connectivity index (χ1) is 9.32. The van der Waals surface area contributed by atoms with Gasteiger partial charge in [0.15, 0.2) is 9.34 Å². The Morgan fingerprint density at radius 1 is 1.50 bits per heavy atom. The summed E-state index contributed by atoms with van der Waals surface area (Å²) in [6.45, 7) is 2.45. The van der Waals surface area contributed by atoms with Gasteiger partial charge in [0.2, 0.25) is 5.91 Å². The number of nitrogens with one attached hydrogen (secondary N) is 2. The molecule has 20 heavy (non-hydrogen) atoms. The second-order valence-corrected chi connectivity index (χ2v) is 8.16. The molecule has 0 aliphatic carbocycles. The molecule has 2 N–H and O–H groups in total. The summed E-state index contributed by atoms with van der Waals surface area (Å²) in [5, 5.41) is 6.08. The molecular formula is C11H18N4O3S2. The summed E-state index contributed by atoms with van der Waals surface area (Å²) in [5.74, 6) is -0.162. The Labute approximate surface area is 122 Å². The highest BCUT2D eigenvalue weighted by molar-refractivity contribution is 7.91. The number of nitrogens with zero attached hydrogens (tertiary/aromatic N) is 2. The molecule has 112 valence electrons. The summed E-state index contributed by atoms with van der Waals surface area (Å²) in [7, 11) is -0.584. The van der Waals surface area contributed by atoms with Gasteiger partial charge >= 0.3 is 0 Å². The molecule has 0 aromatic carbocycles. The molecule has 2 heterocycles. The Balaban J connectivity index is 2.17. The lowest BCUT2D eigenvalue weighted by Gasteiger charge is -2.09. The average molecular weight is 318 g/mol. The largest absolute Gasteiger partial charge is 0.306 e. The molecule has 1 atom stereocenters. The number of sulfonamides is 1. The minimum atomic E-state index is -3.52. The van der Waals surface area contributed by atoms with E-state index in [9.17, 15) is 13.2 Å². The SMILES string of the molecule is Cc1nc(NC(=O)[C@@H]2CCCN2)sc1S(=O)(=O)N(C)C. The van der Waals surface area contributed by atoms with Crippen LogP contribution in [0.15, 0.2) is 4.21 Å². The fourth-order valence-electron chi connectivity index (χ4n) is 1.94. The summed E-state index contributed by atoms with van der Waals surface area (Å²) >= 11 is 0.981. The van der Waals surface area contributed by atoms with Crippen molar-refractivity contribution in [2.45, 2.75) is 30.0 Å². The number of carbonyl (C=O) groups excluding carboxylic acids is 1. The van der Waals surface area contributed by atoms with Crippen molar-refractivity contribution in [3.63, 3.8) is 0 Å². The molecule has 0 spiro atoms. The third-order valence-corrected chi connectivity index (χ3v) is 6.55. The third kappa shape index (κ3) is 3.00. The Bertz CT molecular complexity index is 603. The zero-order valence-corrected chi connectivity index (χ0v) is 13.3. The van der Waals surface area contributed by atoms with E-state index in [1.165, 1.54) is 14.1 Å². The highest BCUT2D eigenvalue weighted by atomic mass is 32.2. The van der Waals surface area contributed by atoms with Gasteiger partial charge in [-0.15, -0.1) is 0 Å². The minimum absolute atomic E-state index is 0.162. The number of aromatic nitrogens is 1. The van der Waals surface area contributed by atoms with Gasteiger partial charge in [0.1, 0.15) is 0 Å². The molecule has 0 radical (unpaired) electrons. The van der Waals surface area contributed by atoms with Crippen molar-refractivity contribution in [2.24, 2.45) is 0 Å². The second kappa shape index (κ2) is 5.76. The monoisotopic (exact) mass is 318 g/mol. The average Bonchev–Trinajstić information content (AvgIpc) is 2.98. The van der Waals surface area contributed by atoms with Crippen LogP contribution in [0.25, 0.3) is 0 Å². The smallest absolute Gasteiger partial charge is 0.254 e. The minimum Gasteiger partial charge on any atom is -0.306 e. The van der Waals surface area contributed by atoms with Gasteiger partial charge in [0, 0.05) is 14.1 Å². The highest BCUT2D eigenvalue weighted by Crippen LogP contribution is 2.29. The Kier molecular flexibility index (Phi) is 4.43. The first-order valence-corrected chi connectivity index (χ1v) is 8.52. The van der Waals surface area contributed by atoms with Crippen LogP contribution in [-0.2, 0) is 14.8 Å². The number of rotatable bonds is 4. The predicted octanol–water partition coefficient (Wildman–Crippen LogP) is 0.392. The van der Waals surface area contributed by atoms with Gasteiger partial charge in [0.25, 0.3) is 10.0 Å². The third-order valence-electron chi connectivity index (χ3n) is 3.08. The van der Waals surface area contributed by atoms with Crippen LogP contribution >= 0.6 is 11.3 Å². The van der Waals surface area contributed by atoms with Crippen LogP contribution in [0.3, 0.4) is 0 Å². The summed E-state index contributed by atoms with van der Waals surface area (Å²) in [6, 6.07) is -0.215. The van der Waals surface area contributed by atoms with Crippen molar-refractivity contribution >= 4 is 32.4 Å². The maximum absolute atomic E-state index is 12.1. The van der Waals surface area contributed by atoms with Crippen LogP contribution in [0.1, 0.15) is 18.5 Å². The number of hydrogen-bond acceptors (Lipinski definition) is 6. The molecule has 1 aromatic rings. The number of amides is 1. The lowest BCUT2D eigenvalue weighted by molar-refractivity contribution is -0.117. The van der Waals surface area contributed by atoms with Crippen LogP contribution in [-0.4, -0.2) is 50.3 Å². The molecular weight excluding hydrogens is 300 g/mol. The fourth-order valence-corrected chi connectivity index (χ4v) is 4.50. The van der Waals surface area contributed by atoms with Gasteiger partial charge in [-0.05, 0) is 26.3 Å². The molecule has 0 bridgehead atoms. The zero-order valence-electron chi connectivity index (χ0n) is 11.6. The molecule has 2 rings (SSSR count). The molecule has 1 aromatic heterocycles. The van der Waals surface area contributed by atoms with Crippen molar-refractivity contribution in [2.75, 3.05) is 26.0 Å². The van der Waals surface area contributed by atoms with E-state index >= 15 is 0 Å². The number of aryl methyl sites for hydroxylation is 1. The van der Waals surface area contributed by atoms with Gasteiger partial charge in [-0.25, -0.2) is 17.7 Å². The van der Waals surface area contributed by atoms with Gasteiger partial charge in [-0.2, -0.15) is 0 Å². The number of carbonyl (C=O) groups is 1. The normalized spacial score (nSPS) is 19.5. The van der Waals surface area contributed by atoms with Crippen molar-refractivity contribution in [1.82, 2.24) is 14.6 Å². The van der Waals surface area contributed by atoms with E-state index in [0.717, 1.165) is 35.0 Å². The van der Waals surface area contributed by atoms with Crippen LogP contribution < -0.4 is 10.6 Å². The summed E-state index contributed by atoms with van der Waals surface area (Å²) < 4.78 is 25.5. The topological polar surface area (TPSA) is 91.4 Å². The van der Waals surface area contributed by atoms with Crippen molar-refractivity contribution < 1.29 is 13.2 Å². The zero-order chi connectivity index (χ0) is 14.9. The predicted molar refractivity (Wildman–Crippen MR) is 77.4 cm³/mol. The van der Waals surface area contributed by atoms with Crippen LogP contribution in [0.2, 0.25) is 0 Å². The maximum Gasteiger partial charge on any atom is 0.254 e. The van der Waals surface area contributed by atoms with Gasteiger partial charge in [0.05, 0.1) is 11.7 Å². The van der Waals surface area contributed by atoms with E-state index < -0.39 is 10.0 Å². The molecule has 0 saturated carbocycles. The molecule has 1 aliphatic heterocycles. The number of thiazole rings is 1. The van der Waals surface area contributed by atoms with Crippen molar-refractivity contribution in [3.8, 4) is 0 Å². The molecule has 1 saturated heterocycles. The van der Waals surface area contributed by atoms with E-state index in [-0.39, 0.29) is 16.2 Å². The van der Waals surface area contributed by atoms with Gasteiger partial charge in [-0.1, -0.05) is 11.3 Å². The molecule has 1 fully saturated rings. The summed E-state index contributed by atoms with van der Waals surface area (Å²) in [5.41, 5.74) is 0.401. The molecule has 7 nitrogen and oxygen atoms in total. The molecule has 0 unspecified atom stereocenters. The number of anilines is 1. The molecule has 1 amide bonds. The maximum atomic E-state index is 12.1. The van der Waals surface area contributed by atoms with E-state index in [0.29, 0.717) is 10.8 Å². The number of hydrogen-bond donors (Lipinski definition) is 2. The lowest BCUT2D eigenvalue weighted by atomic mass is 10.2. The van der Waals surface area contributed by atoms with Gasteiger partial charge < -0.3 is 10.6 Å². The van der Waals surface area contributed by atoms with Crippen molar-refractivity contribution in [3.05, 3.63) is 5.69 Å². The van der Waals surface area contributed by atoms with E-state index in [1.807, 2.05) is 0 Å². The second-order valence-electron chi connectivity index (χ2n) is 4.82. The van der Waals surface area contributed by atoms with Crippen LogP contribution in [0, 0.1) is 6.92 Å². The van der Waals surface area contributed by atoms with E-state index in [4.69, 9.17) is 0 Å². The van der Waals surface area contributed by atoms with Crippen molar-refractivity contribution in [1.29, 1.82) is 0 Å².